The van der Waals surface area contributed by atoms with E-state index in [0.717, 1.165) is 0 Å². The van der Waals surface area contributed by atoms with E-state index in [2.05, 4.69) is 20.9 Å². The van der Waals surface area contributed by atoms with Gasteiger partial charge in [-0.15, -0.1) is 0 Å². The average molecular weight is 297 g/mol. The molecule has 0 atom stereocenters. The van der Waals surface area contributed by atoms with Crippen molar-refractivity contribution >= 4 is 21.6 Å². The molecule has 0 aliphatic carbocycles. The standard InChI is InChI=1S/C8H7BrF2N2O3/c1-16-5-2-4(3-9)7(13(14)15)6(12-5)8(10)11/h2,8H,3H2,1H3. The van der Waals surface area contributed by atoms with E-state index in [0.29, 0.717) is 0 Å². The lowest BCUT2D eigenvalue weighted by Crippen LogP contribution is -2.04. The first-order valence-corrected chi connectivity index (χ1v) is 5.19. The van der Waals surface area contributed by atoms with Crippen LogP contribution in [0.3, 0.4) is 0 Å². The third-order valence-electron chi connectivity index (χ3n) is 1.82. The van der Waals surface area contributed by atoms with E-state index < -0.39 is 22.7 Å². The van der Waals surface area contributed by atoms with Crippen LogP contribution in [0.1, 0.15) is 17.7 Å². The zero-order valence-electron chi connectivity index (χ0n) is 8.11. The maximum atomic E-state index is 12.6. The van der Waals surface area contributed by atoms with Crippen molar-refractivity contribution in [3.8, 4) is 5.88 Å². The van der Waals surface area contributed by atoms with Crippen molar-refractivity contribution in [2.24, 2.45) is 0 Å². The zero-order chi connectivity index (χ0) is 12.3. The molecule has 1 aromatic heterocycles. The van der Waals surface area contributed by atoms with Gasteiger partial charge in [-0.25, -0.2) is 13.8 Å². The van der Waals surface area contributed by atoms with Crippen molar-refractivity contribution in [3.63, 3.8) is 0 Å². The van der Waals surface area contributed by atoms with Crippen LogP contribution >= 0.6 is 15.9 Å². The van der Waals surface area contributed by atoms with Gasteiger partial charge in [0.15, 0.2) is 5.69 Å². The highest BCUT2D eigenvalue weighted by Crippen LogP contribution is 2.33. The van der Waals surface area contributed by atoms with Crippen LogP contribution in [0.4, 0.5) is 14.5 Å². The number of pyridine rings is 1. The van der Waals surface area contributed by atoms with Crippen molar-refractivity contribution in [2.45, 2.75) is 11.8 Å². The van der Waals surface area contributed by atoms with Crippen LogP contribution in [0, 0.1) is 10.1 Å². The molecule has 0 bridgehead atoms. The van der Waals surface area contributed by atoms with E-state index in [1.54, 1.807) is 0 Å². The van der Waals surface area contributed by atoms with E-state index in [9.17, 15) is 18.9 Å². The van der Waals surface area contributed by atoms with Gasteiger partial charge in [0.05, 0.1) is 12.0 Å². The molecule has 1 heterocycles. The minimum atomic E-state index is -3.02. The van der Waals surface area contributed by atoms with Crippen molar-refractivity contribution in [1.82, 2.24) is 4.98 Å². The Hall–Kier alpha value is -1.31. The summed E-state index contributed by atoms with van der Waals surface area (Å²) in [6, 6.07) is 1.25. The molecule has 1 aromatic rings. The van der Waals surface area contributed by atoms with Gasteiger partial charge in [0.1, 0.15) is 0 Å². The zero-order valence-corrected chi connectivity index (χ0v) is 9.70. The largest absolute Gasteiger partial charge is 0.481 e. The summed E-state index contributed by atoms with van der Waals surface area (Å²) in [5.41, 5.74) is -1.45. The molecule has 0 fully saturated rings. The Bertz CT molecular complexity index is 415. The molecular formula is C8H7BrF2N2O3. The fourth-order valence-electron chi connectivity index (χ4n) is 1.16. The summed E-state index contributed by atoms with van der Waals surface area (Å²) in [7, 11) is 1.25. The molecule has 0 amide bonds. The van der Waals surface area contributed by atoms with Crippen molar-refractivity contribution in [3.05, 3.63) is 27.4 Å². The van der Waals surface area contributed by atoms with Crippen LogP contribution in [-0.4, -0.2) is 17.0 Å². The smallest absolute Gasteiger partial charge is 0.300 e. The summed E-state index contributed by atoms with van der Waals surface area (Å²) in [6.07, 6.45) is -3.02. The molecule has 0 saturated carbocycles. The van der Waals surface area contributed by atoms with Gasteiger partial charge < -0.3 is 4.74 Å². The Morgan fingerprint density at radius 3 is 2.69 bits per heavy atom. The van der Waals surface area contributed by atoms with Gasteiger partial charge >= 0.3 is 5.69 Å². The first-order valence-electron chi connectivity index (χ1n) is 4.07. The Labute approximate surface area is 97.7 Å². The fourth-order valence-corrected chi connectivity index (χ4v) is 1.58. The Balaban J connectivity index is 3.47. The first-order chi connectivity index (χ1) is 7.51. The highest BCUT2D eigenvalue weighted by atomic mass is 79.9. The number of methoxy groups -OCH3 is 1. The molecule has 8 heteroatoms. The molecule has 0 N–H and O–H groups in total. The summed E-state index contributed by atoms with van der Waals surface area (Å²) < 4.78 is 29.9. The number of hydrogen-bond acceptors (Lipinski definition) is 4. The lowest BCUT2D eigenvalue weighted by molar-refractivity contribution is -0.387. The molecular weight excluding hydrogens is 290 g/mol. The van der Waals surface area contributed by atoms with Crippen molar-refractivity contribution in [1.29, 1.82) is 0 Å². The number of nitrogens with zero attached hydrogens (tertiary/aromatic N) is 2. The van der Waals surface area contributed by atoms with E-state index in [1.807, 2.05) is 0 Å². The van der Waals surface area contributed by atoms with E-state index in [4.69, 9.17) is 4.74 Å². The van der Waals surface area contributed by atoms with Crippen LogP contribution in [0.2, 0.25) is 0 Å². The lowest BCUT2D eigenvalue weighted by atomic mass is 10.2. The number of aromatic nitrogens is 1. The highest BCUT2D eigenvalue weighted by Gasteiger charge is 2.28. The number of hydrogen-bond donors (Lipinski definition) is 0. The monoisotopic (exact) mass is 296 g/mol. The Morgan fingerprint density at radius 2 is 2.31 bits per heavy atom. The number of alkyl halides is 3. The molecule has 88 valence electrons. The fraction of sp³-hybridized carbons (Fsp3) is 0.375. The van der Waals surface area contributed by atoms with Gasteiger partial charge in [-0.3, -0.25) is 10.1 Å². The van der Waals surface area contributed by atoms with Crippen LogP contribution in [0.15, 0.2) is 6.07 Å². The molecule has 0 aromatic carbocycles. The Morgan fingerprint density at radius 1 is 1.69 bits per heavy atom. The minimum Gasteiger partial charge on any atom is -0.481 e. The first kappa shape index (κ1) is 12.8. The number of rotatable bonds is 4. The van der Waals surface area contributed by atoms with Gasteiger partial charge in [-0.05, 0) is 0 Å². The van der Waals surface area contributed by atoms with Crippen LogP contribution in [0.25, 0.3) is 0 Å². The average Bonchev–Trinajstić information content (AvgIpc) is 2.26. The second-order valence-electron chi connectivity index (χ2n) is 2.75. The lowest BCUT2D eigenvalue weighted by Gasteiger charge is -2.07. The second kappa shape index (κ2) is 5.15. The quantitative estimate of drug-likeness (QED) is 0.487. The number of ether oxygens (including phenoxy) is 1. The van der Waals surface area contributed by atoms with E-state index in [1.165, 1.54) is 13.2 Å². The third kappa shape index (κ3) is 2.43. The SMILES string of the molecule is COc1cc(CBr)c([N+](=O)[O-])c(C(F)F)n1. The number of halogens is 3. The summed E-state index contributed by atoms with van der Waals surface area (Å²) in [4.78, 5) is 13.2. The van der Waals surface area contributed by atoms with E-state index >= 15 is 0 Å². The molecule has 0 aliphatic heterocycles. The molecule has 0 spiro atoms. The van der Waals surface area contributed by atoms with E-state index in [-0.39, 0.29) is 16.8 Å². The summed E-state index contributed by atoms with van der Waals surface area (Å²) in [5.74, 6) is -0.0737. The van der Waals surface area contributed by atoms with Gasteiger partial charge in [0.2, 0.25) is 5.88 Å². The third-order valence-corrected chi connectivity index (χ3v) is 2.42. The van der Waals surface area contributed by atoms with Crippen LogP contribution in [-0.2, 0) is 5.33 Å². The van der Waals surface area contributed by atoms with Gasteiger partial charge in [0, 0.05) is 17.0 Å². The summed E-state index contributed by atoms with van der Waals surface area (Å²) in [6.45, 7) is 0. The predicted molar refractivity (Wildman–Crippen MR) is 55.0 cm³/mol. The number of nitro groups is 1. The van der Waals surface area contributed by atoms with Crippen molar-refractivity contribution in [2.75, 3.05) is 7.11 Å². The molecule has 0 aliphatic rings. The normalized spacial score (nSPS) is 10.6. The highest BCUT2D eigenvalue weighted by molar-refractivity contribution is 9.08. The molecule has 0 radical (unpaired) electrons. The van der Waals surface area contributed by atoms with Crippen molar-refractivity contribution < 1.29 is 18.4 Å². The molecule has 0 saturated heterocycles. The maximum Gasteiger partial charge on any atom is 0.300 e. The summed E-state index contributed by atoms with van der Waals surface area (Å²) >= 11 is 2.99. The molecule has 5 nitrogen and oxygen atoms in total. The molecule has 1 rings (SSSR count). The predicted octanol–water partition coefficient (Wildman–Crippen LogP) is 2.83. The molecule has 16 heavy (non-hydrogen) atoms. The van der Waals surface area contributed by atoms with Crippen LogP contribution in [0.5, 0.6) is 5.88 Å². The van der Waals surface area contributed by atoms with Gasteiger partial charge in [0.25, 0.3) is 6.43 Å². The van der Waals surface area contributed by atoms with Crippen LogP contribution < -0.4 is 4.74 Å². The second-order valence-corrected chi connectivity index (χ2v) is 3.31. The van der Waals surface area contributed by atoms with Gasteiger partial charge in [-0.1, -0.05) is 15.9 Å². The minimum absolute atomic E-state index is 0.0713. The van der Waals surface area contributed by atoms with Gasteiger partial charge in [-0.2, -0.15) is 0 Å². The maximum absolute atomic E-state index is 12.6. The molecule has 0 unspecified atom stereocenters. The summed E-state index contributed by atoms with van der Waals surface area (Å²) in [5, 5.41) is 10.7. The Kier molecular flexibility index (Phi) is 4.11. The topological polar surface area (TPSA) is 65.3 Å².